The standard InChI is InChI=1S/C24H25NO9/c1-12-9-19(26)34-18-8-5-15(10-17(12)18)25-24(30)31-11-14-3-6-16(7-4-14)33-23-22(29)21(28)20(27)13(2)32-23/h3-10,13,20-23,27-29H,11H2,1-2H3,(H,25,30)/t13-,20+,21+,22?,23?/m0/s1. The Balaban J connectivity index is 1.31. The average molecular weight is 471 g/mol. The molecular weight excluding hydrogens is 446 g/mol. The molecule has 0 bridgehead atoms. The third-order valence-electron chi connectivity index (χ3n) is 5.55. The molecule has 1 aliphatic rings. The van der Waals surface area contributed by atoms with Crippen molar-refractivity contribution in [3.8, 4) is 5.75 Å². The summed E-state index contributed by atoms with van der Waals surface area (Å²) in [6.45, 7) is 3.35. The number of carbonyl (C=O) groups is 1. The van der Waals surface area contributed by atoms with E-state index in [0.717, 1.165) is 5.56 Å². The van der Waals surface area contributed by atoms with Crippen LogP contribution in [0.2, 0.25) is 0 Å². The molecular formula is C24H25NO9. The Morgan fingerprint density at radius 2 is 1.76 bits per heavy atom. The van der Waals surface area contributed by atoms with E-state index in [1.165, 1.54) is 6.07 Å². The van der Waals surface area contributed by atoms with E-state index >= 15 is 0 Å². The van der Waals surface area contributed by atoms with Crippen LogP contribution in [-0.2, 0) is 16.1 Å². The van der Waals surface area contributed by atoms with Crippen LogP contribution in [0.5, 0.6) is 5.75 Å². The SMILES string of the molecule is Cc1cc(=O)oc2ccc(NC(=O)OCc3ccc(OC4O[C@@H](C)[C@@H](O)[C@@H](O)C4O)cc3)cc12. The maximum Gasteiger partial charge on any atom is 0.411 e. The number of carbonyl (C=O) groups excluding carboxylic acids is 1. The van der Waals surface area contributed by atoms with E-state index in [-0.39, 0.29) is 6.61 Å². The molecule has 10 heteroatoms. The fraction of sp³-hybridized carbons (Fsp3) is 0.333. The van der Waals surface area contributed by atoms with Gasteiger partial charge in [0.2, 0.25) is 6.29 Å². The molecule has 2 aromatic carbocycles. The summed E-state index contributed by atoms with van der Waals surface area (Å²) in [7, 11) is 0. The summed E-state index contributed by atoms with van der Waals surface area (Å²) in [5.41, 5.74) is 1.91. The zero-order valence-electron chi connectivity index (χ0n) is 18.5. The van der Waals surface area contributed by atoms with E-state index in [1.54, 1.807) is 56.3 Å². The fourth-order valence-corrected chi connectivity index (χ4v) is 3.61. The van der Waals surface area contributed by atoms with Gasteiger partial charge in [0.05, 0.1) is 6.10 Å². The summed E-state index contributed by atoms with van der Waals surface area (Å²) in [5.74, 6) is 0.367. The normalized spacial score (nSPS) is 24.6. The lowest BCUT2D eigenvalue weighted by Crippen LogP contribution is -2.58. The topological polar surface area (TPSA) is 148 Å². The molecule has 0 aliphatic carbocycles. The van der Waals surface area contributed by atoms with Crippen LogP contribution in [-0.4, -0.2) is 52.1 Å². The van der Waals surface area contributed by atoms with E-state index in [1.807, 2.05) is 0 Å². The Hall–Kier alpha value is -3.44. The first-order chi connectivity index (χ1) is 16.2. The molecule has 0 radical (unpaired) electrons. The van der Waals surface area contributed by atoms with Crippen LogP contribution >= 0.6 is 0 Å². The van der Waals surface area contributed by atoms with Crippen LogP contribution in [0.4, 0.5) is 10.5 Å². The maximum atomic E-state index is 12.2. The first-order valence-electron chi connectivity index (χ1n) is 10.6. The van der Waals surface area contributed by atoms with Crippen molar-refractivity contribution >= 4 is 22.7 Å². The quantitative estimate of drug-likeness (QED) is 0.410. The fourth-order valence-electron chi connectivity index (χ4n) is 3.61. The van der Waals surface area contributed by atoms with Gasteiger partial charge in [0, 0.05) is 17.1 Å². The second-order valence-corrected chi connectivity index (χ2v) is 8.10. The summed E-state index contributed by atoms with van der Waals surface area (Å²) in [6, 6.07) is 12.8. The molecule has 1 fully saturated rings. The Kier molecular flexibility index (Phi) is 6.85. The third-order valence-corrected chi connectivity index (χ3v) is 5.55. The van der Waals surface area contributed by atoms with Crippen LogP contribution in [0.1, 0.15) is 18.1 Å². The molecule has 0 spiro atoms. The van der Waals surface area contributed by atoms with Crippen molar-refractivity contribution in [1.82, 2.24) is 0 Å². The average Bonchev–Trinajstić information content (AvgIpc) is 2.81. The van der Waals surface area contributed by atoms with Crippen molar-refractivity contribution in [2.75, 3.05) is 5.32 Å². The molecule has 2 heterocycles. The highest BCUT2D eigenvalue weighted by Crippen LogP contribution is 2.25. The number of aliphatic hydroxyl groups is 3. The van der Waals surface area contributed by atoms with Gasteiger partial charge in [-0.25, -0.2) is 9.59 Å². The van der Waals surface area contributed by atoms with E-state index in [9.17, 15) is 24.9 Å². The van der Waals surface area contributed by atoms with E-state index in [0.29, 0.717) is 28.0 Å². The highest BCUT2D eigenvalue weighted by Gasteiger charge is 2.43. The maximum absolute atomic E-state index is 12.2. The Morgan fingerprint density at radius 1 is 1.03 bits per heavy atom. The molecule has 4 N–H and O–H groups in total. The molecule has 0 saturated carbocycles. The molecule has 2 unspecified atom stereocenters. The lowest BCUT2D eigenvalue weighted by molar-refractivity contribution is -0.268. The Bertz CT molecular complexity index is 1220. The van der Waals surface area contributed by atoms with Gasteiger partial charge in [-0.3, -0.25) is 5.32 Å². The van der Waals surface area contributed by atoms with Gasteiger partial charge in [0.1, 0.15) is 36.3 Å². The largest absolute Gasteiger partial charge is 0.462 e. The van der Waals surface area contributed by atoms with Crippen LogP contribution in [0, 0.1) is 6.92 Å². The van der Waals surface area contributed by atoms with Gasteiger partial charge in [-0.05, 0) is 55.3 Å². The molecule has 1 aromatic heterocycles. The zero-order valence-corrected chi connectivity index (χ0v) is 18.5. The van der Waals surface area contributed by atoms with Gasteiger partial charge < -0.3 is 33.9 Å². The van der Waals surface area contributed by atoms with Gasteiger partial charge in [-0.2, -0.15) is 0 Å². The monoisotopic (exact) mass is 471 g/mol. The van der Waals surface area contributed by atoms with E-state index in [2.05, 4.69) is 5.32 Å². The number of hydrogen-bond donors (Lipinski definition) is 4. The lowest BCUT2D eigenvalue weighted by atomic mass is 10.00. The van der Waals surface area contributed by atoms with Crippen molar-refractivity contribution in [2.24, 2.45) is 0 Å². The van der Waals surface area contributed by atoms with Gasteiger partial charge >= 0.3 is 11.7 Å². The van der Waals surface area contributed by atoms with Crippen LogP contribution < -0.4 is 15.7 Å². The molecule has 1 aliphatic heterocycles. The van der Waals surface area contributed by atoms with Crippen LogP contribution in [0.25, 0.3) is 11.0 Å². The number of aliphatic hydroxyl groups excluding tert-OH is 3. The minimum Gasteiger partial charge on any atom is -0.462 e. The van der Waals surface area contributed by atoms with E-state index < -0.39 is 42.4 Å². The van der Waals surface area contributed by atoms with Gasteiger partial charge in [0.15, 0.2) is 0 Å². The second kappa shape index (κ2) is 9.82. The highest BCUT2D eigenvalue weighted by molar-refractivity contribution is 5.90. The number of nitrogens with one attached hydrogen (secondary N) is 1. The predicted octanol–water partition coefficient (Wildman–Crippen LogP) is 2.06. The van der Waals surface area contributed by atoms with Gasteiger partial charge in [-0.1, -0.05) is 12.1 Å². The summed E-state index contributed by atoms with van der Waals surface area (Å²) >= 11 is 0. The van der Waals surface area contributed by atoms with Gasteiger partial charge in [-0.15, -0.1) is 0 Å². The number of fused-ring (bicyclic) bond motifs is 1. The lowest BCUT2D eigenvalue weighted by Gasteiger charge is -2.38. The van der Waals surface area contributed by atoms with Gasteiger partial charge in [0.25, 0.3) is 0 Å². The van der Waals surface area contributed by atoms with Crippen molar-refractivity contribution in [3.63, 3.8) is 0 Å². The first kappa shape index (κ1) is 23.7. The summed E-state index contributed by atoms with van der Waals surface area (Å²) < 4.78 is 21.4. The zero-order chi connectivity index (χ0) is 24.4. The van der Waals surface area contributed by atoms with Crippen molar-refractivity contribution in [3.05, 3.63) is 70.1 Å². The minimum atomic E-state index is -1.41. The number of aryl methyl sites for hydroxylation is 1. The Labute approximate surface area is 194 Å². The minimum absolute atomic E-state index is 0.00189. The smallest absolute Gasteiger partial charge is 0.411 e. The molecule has 1 amide bonds. The van der Waals surface area contributed by atoms with Crippen molar-refractivity contribution in [1.29, 1.82) is 0 Å². The number of amides is 1. The summed E-state index contributed by atoms with van der Waals surface area (Å²) in [6.07, 6.45) is -6.51. The summed E-state index contributed by atoms with van der Waals surface area (Å²) in [5, 5.41) is 33.0. The van der Waals surface area contributed by atoms with Crippen molar-refractivity contribution in [2.45, 2.75) is 51.2 Å². The predicted molar refractivity (Wildman–Crippen MR) is 120 cm³/mol. The number of benzene rings is 2. The van der Waals surface area contributed by atoms with Crippen LogP contribution in [0.3, 0.4) is 0 Å². The number of rotatable bonds is 5. The number of ether oxygens (including phenoxy) is 3. The highest BCUT2D eigenvalue weighted by atomic mass is 16.7. The summed E-state index contributed by atoms with van der Waals surface area (Å²) in [4.78, 5) is 23.7. The number of hydrogen-bond acceptors (Lipinski definition) is 9. The number of anilines is 1. The molecule has 34 heavy (non-hydrogen) atoms. The second-order valence-electron chi connectivity index (χ2n) is 8.10. The molecule has 4 rings (SSSR count). The van der Waals surface area contributed by atoms with E-state index in [4.69, 9.17) is 18.6 Å². The first-order valence-corrected chi connectivity index (χ1v) is 10.6. The Morgan fingerprint density at radius 3 is 2.50 bits per heavy atom. The third kappa shape index (κ3) is 5.20. The van der Waals surface area contributed by atoms with Crippen LogP contribution in [0.15, 0.2) is 57.7 Å². The molecule has 1 saturated heterocycles. The molecule has 10 nitrogen and oxygen atoms in total. The molecule has 3 aromatic rings. The molecule has 180 valence electrons. The van der Waals surface area contributed by atoms with Crippen molar-refractivity contribution < 1.29 is 38.7 Å². The molecule has 5 atom stereocenters.